The van der Waals surface area contributed by atoms with Crippen molar-refractivity contribution in [3.8, 4) is 16.6 Å². The van der Waals surface area contributed by atoms with Gasteiger partial charge in [0.05, 0.1) is 11.1 Å². The van der Waals surface area contributed by atoms with Gasteiger partial charge >= 0.3 is 0 Å². The van der Waals surface area contributed by atoms with Crippen molar-refractivity contribution >= 4 is 40.4 Å². The first kappa shape index (κ1) is 17.2. The molecule has 1 aliphatic heterocycles. The molecular formula is C17H15Cl2N3OS. The molecule has 2 aromatic rings. The van der Waals surface area contributed by atoms with Gasteiger partial charge in [0.2, 0.25) is 0 Å². The number of hydrogen-bond acceptors (Lipinski definition) is 4. The Morgan fingerprint density at radius 2 is 2.12 bits per heavy atom. The number of carbonyl (C=O) groups is 1. The summed E-state index contributed by atoms with van der Waals surface area (Å²) in [6.45, 7) is 1.36. The van der Waals surface area contributed by atoms with Crippen LogP contribution in [0.5, 0.6) is 0 Å². The van der Waals surface area contributed by atoms with Gasteiger partial charge in [0.15, 0.2) is 0 Å². The number of benzene rings is 1. The molecule has 0 atom stereocenters. The molecule has 0 N–H and O–H groups in total. The number of hydrogen-bond donors (Lipinski definition) is 0. The van der Waals surface area contributed by atoms with Gasteiger partial charge < -0.3 is 4.90 Å². The number of carbonyl (C=O) groups excluding carboxylic acids is 1. The monoisotopic (exact) mass is 379 g/mol. The van der Waals surface area contributed by atoms with E-state index in [1.807, 2.05) is 11.0 Å². The Balaban J connectivity index is 1.72. The van der Waals surface area contributed by atoms with Crippen LogP contribution in [0.1, 0.15) is 29.8 Å². The minimum atomic E-state index is -0.0574. The SMILES string of the molecule is N#CCC1CCN(C(=O)c2csc(-c3ccc(Cl)cc3Cl)n2)CC1. The third kappa shape index (κ3) is 3.72. The first-order chi connectivity index (χ1) is 11.6. The standard InChI is InChI=1S/C17H15Cl2N3OS/c18-12-1-2-13(14(19)9-12)16-21-15(10-24-16)17(23)22-7-4-11(3-6-20)5-8-22/h1-2,9-11H,3-5,7-8H2. The van der Waals surface area contributed by atoms with E-state index in [2.05, 4.69) is 11.1 Å². The van der Waals surface area contributed by atoms with Gasteiger partial charge in [-0.05, 0) is 37.0 Å². The minimum absolute atomic E-state index is 0.0574. The summed E-state index contributed by atoms with van der Waals surface area (Å²) in [6.07, 6.45) is 2.32. The van der Waals surface area contributed by atoms with Crippen LogP contribution in [0.15, 0.2) is 23.6 Å². The van der Waals surface area contributed by atoms with Gasteiger partial charge in [-0.3, -0.25) is 4.79 Å². The minimum Gasteiger partial charge on any atom is -0.337 e. The lowest BCUT2D eigenvalue weighted by Crippen LogP contribution is -2.38. The summed E-state index contributed by atoms with van der Waals surface area (Å²) < 4.78 is 0. The summed E-state index contributed by atoms with van der Waals surface area (Å²) in [4.78, 5) is 18.9. The zero-order chi connectivity index (χ0) is 17.1. The number of amides is 1. The maximum absolute atomic E-state index is 12.6. The number of likely N-dealkylation sites (tertiary alicyclic amines) is 1. The summed E-state index contributed by atoms with van der Waals surface area (Å²) >= 11 is 13.5. The van der Waals surface area contributed by atoms with Crippen molar-refractivity contribution in [3.63, 3.8) is 0 Å². The van der Waals surface area contributed by atoms with E-state index >= 15 is 0 Å². The van der Waals surface area contributed by atoms with Gasteiger partial charge in [-0.15, -0.1) is 11.3 Å². The zero-order valence-corrected chi connectivity index (χ0v) is 15.2. The molecule has 0 aliphatic carbocycles. The molecule has 1 fully saturated rings. The van der Waals surface area contributed by atoms with E-state index in [0.717, 1.165) is 18.4 Å². The Bertz CT molecular complexity index is 791. The Hall–Kier alpha value is -1.61. The second kappa shape index (κ2) is 7.52. The average molecular weight is 380 g/mol. The molecule has 0 unspecified atom stereocenters. The summed E-state index contributed by atoms with van der Waals surface area (Å²) in [5.74, 6) is 0.343. The molecule has 0 saturated carbocycles. The van der Waals surface area contributed by atoms with Crippen molar-refractivity contribution in [3.05, 3.63) is 39.3 Å². The summed E-state index contributed by atoms with van der Waals surface area (Å²) in [6, 6.07) is 7.44. The lowest BCUT2D eigenvalue weighted by Gasteiger charge is -2.30. The van der Waals surface area contributed by atoms with Crippen LogP contribution in [0.25, 0.3) is 10.6 Å². The van der Waals surface area contributed by atoms with E-state index in [9.17, 15) is 4.79 Å². The summed E-state index contributed by atoms with van der Waals surface area (Å²) in [7, 11) is 0. The topological polar surface area (TPSA) is 57.0 Å². The molecule has 1 aromatic heterocycles. The highest BCUT2D eigenvalue weighted by molar-refractivity contribution is 7.13. The van der Waals surface area contributed by atoms with Gasteiger partial charge in [0.1, 0.15) is 10.7 Å². The number of rotatable bonds is 3. The molecule has 1 saturated heterocycles. The largest absolute Gasteiger partial charge is 0.337 e. The second-order valence-electron chi connectivity index (χ2n) is 5.76. The van der Waals surface area contributed by atoms with E-state index < -0.39 is 0 Å². The van der Waals surface area contributed by atoms with E-state index in [0.29, 0.717) is 46.2 Å². The fourth-order valence-corrected chi connectivity index (χ4v) is 4.18. The molecular weight excluding hydrogens is 365 g/mol. The molecule has 1 amide bonds. The van der Waals surface area contributed by atoms with Crippen LogP contribution in [0.4, 0.5) is 0 Å². The molecule has 24 heavy (non-hydrogen) atoms. The number of piperidine rings is 1. The second-order valence-corrected chi connectivity index (χ2v) is 7.46. The van der Waals surface area contributed by atoms with Crippen LogP contribution in [0, 0.1) is 17.2 Å². The third-order valence-electron chi connectivity index (χ3n) is 4.17. The molecule has 3 rings (SSSR count). The van der Waals surface area contributed by atoms with Crippen LogP contribution in [0.2, 0.25) is 10.0 Å². The fraction of sp³-hybridized carbons (Fsp3) is 0.353. The van der Waals surface area contributed by atoms with Gasteiger partial charge in [-0.25, -0.2) is 4.98 Å². The van der Waals surface area contributed by atoms with Crippen molar-refractivity contribution in [2.75, 3.05) is 13.1 Å². The highest BCUT2D eigenvalue weighted by Gasteiger charge is 2.25. The van der Waals surface area contributed by atoms with Crippen LogP contribution in [-0.2, 0) is 0 Å². The maximum atomic E-state index is 12.6. The highest BCUT2D eigenvalue weighted by atomic mass is 35.5. The summed E-state index contributed by atoms with van der Waals surface area (Å²) in [5.41, 5.74) is 1.22. The zero-order valence-electron chi connectivity index (χ0n) is 12.8. The molecule has 1 aromatic carbocycles. The number of aromatic nitrogens is 1. The predicted octanol–water partition coefficient (Wildman–Crippen LogP) is 4.88. The average Bonchev–Trinajstić information content (AvgIpc) is 3.05. The Labute approximate surface area is 154 Å². The van der Waals surface area contributed by atoms with E-state index in [1.165, 1.54) is 11.3 Å². The molecule has 7 heteroatoms. The van der Waals surface area contributed by atoms with Crippen LogP contribution >= 0.6 is 34.5 Å². The van der Waals surface area contributed by atoms with Crippen LogP contribution in [-0.4, -0.2) is 28.9 Å². The maximum Gasteiger partial charge on any atom is 0.273 e. The number of nitriles is 1. The summed E-state index contributed by atoms with van der Waals surface area (Å²) in [5, 5.41) is 12.3. The number of nitrogens with zero attached hydrogens (tertiary/aromatic N) is 3. The van der Waals surface area contributed by atoms with Crippen molar-refractivity contribution in [1.82, 2.24) is 9.88 Å². The lowest BCUT2D eigenvalue weighted by molar-refractivity contribution is 0.0687. The molecule has 0 radical (unpaired) electrons. The third-order valence-corrected chi connectivity index (χ3v) is 5.59. The Morgan fingerprint density at radius 3 is 2.79 bits per heavy atom. The normalized spacial score (nSPS) is 15.3. The molecule has 0 bridgehead atoms. The van der Waals surface area contributed by atoms with Gasteiger partial charge in [0.25, 0.3) is 5.91 Å². The molecule has 0 spiro atoms. The molecule has 2 heterocycles. The van der Waals surface area contributed by atoms with Crippen LogP contribution in [0.3, 0.4) is 0 Å². The number of halogens is 2. The van der Waals surface area contributed by atoms with Gasteiger partial charge in [0, 0.05) is 35.5 Å². The van der Waals surface area contributed by atoms with Crippen molar-refractivity contribution in [1.29, 1.82) is 5.26 Å². The molecule has 4 nitrogen and oxygen atoms in total. The lowest BCUT2D eigenvalue weighted by atomic mass is 9.94. The smallest absolute Gasteiger partial charge is 0.273 e. The van der Waals surface area contributed by atoms with Gasteiger partial charge in [-0.2, -0.15) is 5.26 Å². The Morgan fingerprint density at radius 1 is 1.38 bits per heavy atom. The van der Waals surface area contributed by atoms with E-state index in [1.54, 1.807) is 17.5 Å². The first-order valence-corrected chi connectivity index (χ1v) is 9.29. The number of thiazole rings is 1. The van der Waals surface area contributed by atoms with E-state index in [-0.39, 0.29) is 5.91 Å². The van der Waals surface area contributed by atoms with Crippen molar-refractivity contribution in [2.24, 2.45) is 5.92 Å². The highest BCUT2D eigenvalue weighted by Crippen LogP contribution is 2.32. The van der Waals surface area contributed by atoms with Crippen molar-refractivity contribution < 1.29 is 4.79 Å². The molecule has 1 aliphatic rings. The van der Waals surface area contributed by atoms with Crippen molar-refractivity contribution in [2.45, 2.75) is 19.3 Å². The van der Waals surface area contributed by atoms with E-state index in [4.69, 9.17) is 28.5 Å². The Kier molecular flexibility index (Phi) is 5.40. The first-order valence-electron chi connectivity index (χ1n) is 7.65. The van der Waals surface area contributed by atoms with Crippen LogP contribution < -0.4 is 0 Å². The fourth-order valence-electron chi connectivity index (χ4n) is 2.79. The quantitative estimate of drug-likeness (QED) is 0.762. The van der Waals surface area contributed by atoms with Gasteiger partial charge in [-0.1, -0.05) is 23.2 Å². The molecule has 124 valence electrons. The predicted molar refractivity (Wildman–Crippen MR) is 96.4 cm³/mol.